The van der Waals surface area contributed by atoms with Gasteiger partial charge in [0.2, 0.25) is 0 Å². The fourth-order valence-corrected chi connectivity index (χ4v) is 3.56. The van der Waals surface area contributed by atoms with E-state index < -0.39 is 0 Å². The third-order valence-electron chi connectivity index (χ3n) is 5.33. The van der Waals surface area contributed by atoms with Crippen LogP contribution in [0.15, 0.2) is 24.3 Å². The van der Waals surface area contributed by atoms with Gasteiger partial charge in [0.05, 0.1) is 18.2 Å². The smallest absolute Gasteiger partial charge is 0.315 e. The van der Waals surface area contributed by atoms with Crippen LogP contribution in [-0.4, -0.2) is 37.9 Å². The van der Waals surface area contributed by atoms with E-state index in [-0.39, 0.29) is 17.7 Å². The number of benzene rings is 1. The molecular formula is C18H26N2O3. The Morgan fingerprint density at radius 3 is 2.91 bits per heavy atom. The number of hydrogen-bond acceptors (Lipinski definition) is 3. The molecule has 1 aromatic carbocycles. The summed E-state index contributed by atoms with van der Waals surface area (Å²) >= 11 is 0. The van der Waals surface area contributed by atoms with Gasteiger partial charge in [0.15, 0.2) is 0 Å². The number of para-hydroxylation sites is 1. The van der Waals surface area contributed by atoms with Gasteiger partial charge in [-0.3, -0.25) is 0 Å². The minimum absolute atomic E-state index is 0.0169. The van der Waals surface area contributed by atoms with Crippen LogP contribution in [0.2, 0.25) is 0 Å². The molecule has 0 bridgehead atoms. The van der Waals surface area contributed by atoms with E-state index in [1.54, 1.807) is 7.11 Å². The highest BCUT2D eigenvalue weighted by Crippen LogP contribution is 2.38. The lowest BCUT2D eigenvalue weighted by Crippen LogP contribution is -2.58. The average Bonchev–Trinajstić information content (AvgIpc) is 2.52. The maximum atomic E-state index is 12.2. The summed E-state index contributed by atoms with van der Waals surface area (Å²) in [5.74, 6) is 1.24. The van der Waals surface area contributed by atoms with Crippen molar-refractivity contribution in [2.75, 3.05) is 20.3 Å². The molecule has 1 aliphatic heterocycles. The number of rotatable bonds is 5. The van der Waals surface area contributed by atoms with Gasteiger partial charge in [-0.15, -0.1) is 0 Å². The second-order valence-corrected chi connectivity index (χ2v) is 6.57. The Kier molecular flexibility index (Phi) is 4.76. The highest BCUT2D eigenvalue weighted by atomic mass is 16.5. The molecule has 5 heteroatoms. The first-order chi connectivity index (χ1) is 11.1. The van der Waals surface area contributed by atoms with Gasteiger partial charge in [0.25, 0.3) is 0 Å². The lowest BCUT2D eigenvalue weighted by Gasteiger charge is -2.45. The summed E-state index contributed by atoms with van der Waals surface area (Å²) in [6.07, 6.45) is 4.12. The van der Waals surface area contributed by atoms with Crippen molar-refractivity contribution in [2.45, 2.75) is 50.2 Å². The van der Waals surface area contributed by atoms with Crippen molar-refractivity contribution >= 4 is 6.03 Å². The molecule has 2 unspecified atom stereocenters. The van der Waals surface area contributed by atoms with Crippen LogP contribution < -0.4 is 15.4 Å². The Bertz CT molecular complexity index is 551. The number of methoxy groups -OCH3 is 1. The molecule has 2 N–H and O–H groups in total. The largest absolute Gasteiger partial charge is 0.493 e. The Morgan fingerprint density at radius 1 is 1.43 bits per heavy atom. The second kappa shape index (κ2) is 6.79. The van der Waals surface area contributed by atoms with E-state index in [9.17, 15) is 4.79 Å². The van der Waals surface area contributed by atoms with Gasteiger partial charge < -0.3 is 20.1 Å². The number of amides is 2. The molecule has 23 heavy (non-hydrogen) atoms. The standard InChI is InChI=1S/C18H26N2O3/c1-13(18(22-2)9-5-10-18)20-17(21)19-12-14-8-11-23-16-7-4-3-6-15(14)16/h3-4,6-7,13-14H,5,8-12H2,1-2H3,(H2,19,20,21). The molecule has 0 saturated heterocycles. The van der Waals surface area contributed by atoms with Crippen molar-refractivity contribution in [1.29, 1.82) is 0 Å². The molecule has 1 aromatic rings. The van der Waals surface area contributed by atoms with Gasteiger partial charge in [-0.25, -0.2) is 4.79 Å². The minimum atomic E-state index is -0.178. The molecule has 2 amide bonds. The maximum absolute atomic E-state index is 12.2. The van der Waals surface area contributed by atoms with E-state index in [1.807, 2.05) is 25.1 Å². The van der Waals surface area contributed by atoms with Crippen LogP contribution in [0.4, 0.5) is 4.79 Å². The van der Waals surface area contributed by atoms with Crippen LogP contribution in [0, 0.1) is 0 Å². The first kappa shape index (κ1) is 16.1. The van der Waals surface area contributed by atoms with Gasteiger partial charge in [-0.2, -0.15) is 0 Å². The van der Waals surface area contributed by atoms with Crippen LogP contribution in [-0.2, 0) is 4.74 Å². The van der Waals surface area contributed by atoms with Crippen LogP contribution in [0.25, 0.3) is 0 Å². The average molecular weight is 318 g/mol. The molecule has 0 radical (unpaired) electrons. The predicted molar refractivity (Wildman–Crippen MR) is 88.9 cm³/mol. The van der Waals surface area contributed by atoms with E-state index in [0.717, 1.165) is 25.0 Å². The van der Waals surface area contributed by atoms with E-state index >= 15 is 0 Å². The molecule has 5 nitrogen and oxygen atoms in total. The Balaban J connectivity index is 1.52. The summed E-state index contributed by atoms with van der Waals surface area (Å²) in [6, 6.07) is 7.96. The van der Waals surface area contributed by atoms with E-state index in [1.165, 1.54) is 12.0 Å². The first-order valence-electron chi connectivity index (χ1n) is 8.46. The number of carbonyl (C=O) groups is 1. The molecule has 0 spiro atoms. The Labute approximate surface area is 137 Å². The van der Waals surface area contributed by atoms with Crippen LogP contribution in [0.5, 0.6) is 5.75 Å². The van der Waals surface area contributed by atoms with Gasteiger partial charge in [-0.05, 0) is 44.2 Å². The van der Waals surface area contributed by atoms with Crippen LogP contribution >= 0.6 is 0 Å². The summed E-state index contributed by atoms with van der Waals surface area (Å²) in [4.78, 5) is 12.2. The molecule has 1 heterocycles. The summed E-state index contributed by atoms with van der Waals surface area (Å²) in [5.41, 5.74) is 1.00. The summed E-state index contributed by atoms with van der Waals surface area (Å²) in [6.45, 7) is 3.35. The molecule has 1 saturated carbocycles. The first-order valence-corrected chi connectivity index (χ1v) is 8.46. The highest BCUT2D eigenvalue weighted by molar-refractivity contribution is 5.74. The van der Waals surface area contributed by atoms with Gasteiger partial charge in [0, 0.05) is 19.6 Å². The van der Waals surface area contributed by atoms with Gasteiger partial charge in [-0.1, -0.05) is 18.2 Å². The monoisotopic (exact) mass is 318 g/mol. The van der Waals surface area contributed by atoms with Crippen molar-refractivity contribution in [2.24, 2.45) is 0 Å². The number of carbonyl (C=O) groups excluding carboxylic acids is 1. The minimum Gasteiger partial charge on any atom is -0.493 e. The zero-order chi connectivity index (χ0) is 16.3. The number of ether oxygens (including phenoxy) is 2. The summed E-state index contributed by atoms with van der Waals surface area (Å²) in [5, 5.41) is 6.04. The SMILES string of the molecule is COC1(C(C)NC(=O)NCC2CCOc3ccccc32)CCC1. The lowest BCUT2D eigenvalue weighted by molar-refractivity contribution is -0.0914. The van der Waals surface area contributed by atoms with E-state index in [4.69, 9.17) is 9.47 Å². The molecule has 2 atom stereocenters. The molecule has 2 aliphatic rings. The third kappa shape index (κ3) is 3.29. The molecular weight excluding hydrogens is 292 g/mol. The fraction of sp³-hybridized carbons (Fsp3) is 0.611. The van der Waals surface area contributed by atoms with Crippen molar-refractivity contribution in [1.82, 2.24) is 10.6 Å². The Morgan fingerprint density at radius 2 is 2.22 bits per heavy atom. The lowest BCUT2D eigenvalue weighted by atomic mass is 9.75. The third-order valence-corrected chi connectivity index (χ3v) is 5.33. The van der Waals surface area contributed by atoms with Gasteiger partial charge in [0.1, 0.15) is 5.75 Å². The highest BCUT2D eigenvalue weighted by Gasteiger charge is 2.42. The molecule has 1 fully saturated rings. The number of urea groups is 1. The maximum Gasteiger partial charge on any atom is 0.315 e. The van der Waals surface area contributed by atoms with Crippen molar-refractivity contribution in [3.63, 3.8) is 0 Å². The summed E-state index contributed by atoms with van der Waals surface area (Å²) in [7, 11) is 1.73. The molecule has 1 aliphatic carbocycles. The number of fused-ring (bicyclic) bond motifs is 1. The second-order valence-electron chi connectivity index (χ2n) is 6.57. The fourth-order valence-electron chi connectivity index (χ4n) is 3.56. The topological polar surface area (TPSA) is 59.6 Å². The number of nitrogens with one attached hydrogen (secondary N) is 2. The van der Waals surface area contributed by atoms with Gasteiger partial charge >= 0.3 is 6.03 Å². The van der Waals surface area contributed by atoms with Crippen LogP contribution in [0.3, 0.4) is 0 Å². The zero-order valence-corrected chi connectivity index (χ0v) is 13.9. The number of hydrogen-bond donors (Lipinski definition) is 2. The predicted octanol–water partition coefficient (Wildman–Crippen LogP) is 2.81. The summed E-state index contributed by atoms with van der Waals surface area (Å²) < 4.78 is 11.3. The zero-order valence-electron chi connectivity index (χ0n) is 13.9. The Hall–Kier alpha value is -1.75. The van der Waals surface area contributed by atoms with E-state index in [2.05, 4.69) is 16.7 Å². The molecule has 0 aromatic heterocycles. The normalized spacial score (nSPS) is 23.0. The van der Waals surface area contributed by atoms with E-state index in [0.29, 0.717) is 19.1 Å². The van der Waals surface area contributed by atoms with Crippen molar-refractivity contribution < 1.29 is 14.3 Å². The van der Waals surface area contributed by atoms with Crippen LogP contribution in [0.1, 0.15) is 44.1 Å². The quantitative estimate of drug-likeness (QED) is 0.877. The van der Waals surface area contributed by atoms with Crippen molar-refractivity contribution in [3.8, 4) is 5.75 Å². The molecule has 126 valence electrons. The van der Waals surface area contributed by atoms with Crippen molar-refractivity contribution in [3.05, 3.63) is 29.8 Å². The molecule has 3 rings (SSSR count).